The quantitative estimate of drug-likeness (QED) is 0.746. The summed E-state index contributed by atoms with van der Waals surface area (Å²) in [5.74, 6) is 2.66. The number of nitrogens with one attached hydrogen (secondary N) is 1. The van der Waals surface area contributed by atoms with Crippen LogP contribution in [-0.4, -0.2) is 28.2 Å². The first-order valence-electron chi connectivity index (χ1n) is 8.52. The van der Waals surface area contributed by atoms with Crippen molar-refractivity contribution in [2.75, 3.05) is 13.1 Å². The van der Waals surface area contributed by atoms with Gasteiger partial charge >= 0.3 is 0 Å². The second kappa shape index (κ2) is 7.44. The highest BCUT2D eigenvalue weighted by Gasteiger charge is 2.19. The summed E-state index contributed by atoms with van der Waals surface area (Å²) >= 11 is 0. The lowest BCUT2D eigenvalue weighted by Gasteiger charge is -2.06. The lowest BCUT2D eigenvalue weighted by molar-refractivity contribution is 0.306. The van der Waals surface area contributed by atoms with Gasteiger partial charge in [-0.25, -0.2) is 0 Å². The highest BCUT2D eigenvalue weighted by molar-refractivity contribution is 5.56. The fourth-order valence-electron chi connectivity index (χ4n) is 2.97. The van der Waals surface area contributed by atoms with E-state index in [1.54, 1.807) is 12.4 Å². The zero-order chi connectivity index (χ0) is 16.9. The average molecular weight is 336 g/mol. The molecule has 1 N–H and O–H groups in total. The Morgan fingerprint density at radius 3 is 3.08 bits per heavy atom. The van der Waals surface area contributed by atoms with Crippen molar-refractivity contribution in [3.05, 3.63) is 60.2 Å². The number of hydrogen-bond acceptors (Lipinski definition) is 6. The molecule has 6 heteroatoms. The van der Waals surface area contributed by atoms with Crippen molar-refractivity contribution in [2.24, 2.45) is 5.92 Å². The molecule has 25 heavy (non-hydrogen) atoms. The molecule has 1 aliphatic rings. The molecule has 1 saturated heterocycles. The molecule has 1 unspecified atom stereocenters. The first kappa shape index (κ1) is 15.8. The van der Waals surface area contributed by atoms with Gasteiger partial charge in [-0.3, -0.25) is 4.98 Å². The summed E-state index contributed by atoms with van der Waals surface area (Å²) < 4.78 is 11.2. The number of ether oxygens (including phenoxy) is 1. The van der Waals surface area contributed by atoms with E-state index < -0.39 is 0 Å². The standard InChI is InChI=1S/C19H20N4O2/c1-4-16(10-17(5-1)24-13-15-3-2-7-20-12-15)19-22-18(25-23-19)9-14-6-8-21-11-14/h1-5,7,10,12,14,21H,6,8-9,11,13H2. The lowest BCUT2D eigenvalue weighted by Crippen LogP contribution is -2.10. The minimum atomic E-state index is 0.476. The predicted octanol–water partition coefficient (Wildman–Crippen LogP) is 2.86. The number of hydrogen-bond donors (Lipinski definition) is 1. The Bertz CT molecular complexity index is 813. The largest absolute Gasteiger partial charge is 0.489 e. The number of rotatable bonds is 6. The molecule has 0 bridgehead atoms. The van der Waals surface area contributed by atoms with E-state index in [0.717, 1.165) is 42.8 Å². The second-order valence-corrected chi connectivity index (χ2v) is 6.25. The van der Waals surface area contributed by atoms with E-state index in [9.17, 15) is 0 Å². The molecule has 6 nitrogen and oxygen atoms in total. The summed E-state index contributed by atoms with van der Waals surface area (Å²) in [6.07, 6.45) is 5.54. The molecule has 3 aromatic rings. The van der Waals surface area contributed by atoms with Crippen LogP contribution in [0.5, 0.6) is 5.75 Å². The van der Waals surface area contributed by atoms with Crippen LogP contribution in [0.3, 0.4) is 0 Å². The first-order valence-corrected chi connectivity index (χ1v) is 8.52. The van der Waals surface area contributed by atoms with E-state index in [1.165, 1.54) is 0 Å². The Labute approximate surface area is 146 Å². The molecule has 1 aliphatic heterocycles. The van der Waals surface area contributed by atoms with Crippen molar-refractivity contribution >= 4 is 0 Å². The van der Waals surface area contributed by atoms with E-state index in [0.29, 0.717) is 24.2 Å². The van der Waals surface area contributed by atoms with Gasteiger partial charge in [-0.05, 0) is 43.6 Å². The molecule has 0 spiro atoms. The third kappa shape index (κ3) is 4.03. The Morgan fingerprint density at radius 2 is 2.24 bits per heavy atom. The van der Waals surface area contributed by atoms with Crippen LogP contribution in [-0.2, 0) is 13.0 Å². The topological polar surface area (TPSA) is 73.1 Å². The van der Waals surface area contributed by atoms with Crippen LogP contribution >= 0.6 is 0 Å². The normalized spacial score (nSPS) is 16.9. The van der Waals surface area contributed by atoms with Crippen molar-refractivity contribution in [3.63, 3.8) is 0 Å². The van der Waals surface area contributed by atoms with Gasteiger partial charge < -0.3 is 14.6 Å². The van der Waals surface area contributed by atoms with Gasteiger partial charge in [0.25, 0.3) is 0 Å². The fourth-order valence-corrected chi connectivity index (χ4v) is 2.97. The van der Waals surface area contributed by atoms with Gasteiger partial charge in [0.05, 0.1) is 0 Å². The van der Waals surface area contributed by atoms with Gasteiger partial charge in [0.15, 0.2) is 0 Å². The first-order chi connectivity index (χ1) is 12.4. The maximum Gasteiger partial charge on any atom is 0.227 e. The lowest BCUT2D eigenvalue weighted by atomic mass is 10.1. The molecular weight excluding hydrogens is 316 g/mol. The van der Waals surface area contributed by atoms with E-state index >= 15 is 0 Å². The van der Waals surface area contributed by atoms with Crippen molar-refractivity contribution in [2.45, 2.75) is 19.4 Å². The zero-order valence-electron chi connectivity index (χ0n) is 13.9. The summed E-state index contributed by atoms with van der Waals surface area (Å²) in [7, 11) is 0. The maximum atomic E-state index is 5.83. The Balaban J connectivity index is 1.43. The minimum absolute atomic E-state index is 0.476. The van der Waals surface area contributed by atoms with Crippen LogP contribution < -0.4 is 10.1 Å². The molecular formula is C19H20N4O2. The molecule has 2 aromatic heterocycles. The van der Waals surface area contributed by atoms with E-state index in [4.69, 9.17) is 9.26 Å². The molecule has 1 aromatic carbocycles. The van der Waals surface area contributed by atoms with Crippen LogP contribution in [0.1, 0.15) is 17.9 Å². The number of pyridine rings is 1. The number of nitrogens with zero attached hydrogens (tertiary/aromatic N) is 3. The number of benzene rings is 1. The monoisotopic (exact) mass is 336 g/mol. The average Bonchev–Trinajstić information content (AvgIpc) is 3.34. The van der Waals surface area contributed by atoms with Crippen molar-refractivity contribution in [3.8, 4) is 17.1 Å². The van der Waals surface area contributed by atoms with Crippen molar-refractivity contribution in [1.82, 2.24) is 20.4 Å². The molecule has 0 aliphatic carbocycles. The Kier molecular flexibility index (Phi) is 4.70. The Hall–Kier alpha value is -2.73. The molecule has 1 fully saturated rings. The van der Waals surface area contributed by atoms with Gasteiger partial charge in [0.1, 0.15) is 12.4 Å². The van der Waals surface area contributed by atoms with E-state index in [2.05, 4.69) is 20.4 Å². The van der Waals surface area contributed by atoms with Gasteiger partial charge in [-0.2, -0.15) is 4.98 Å². The minimum Gasteiger partial charge on any atom is -0.489 e. The third-order valence-electron chi connectivity index (χ3n) is 4.31. The second-order valence-electron chi connectivity index (χ2n) is 6.25. The molecule has 4 rings (SSSR count). The zero-order valence-corrected chi connectivity index (χ0v) is 13.9. The van der Waals surface area contributed by atoms with E-state index in [1.807, 2.05) is 36.4 Å². The molecule has 0 saturated carbocycles. The van der Waals surface area contributed by atoms with Crippen LogP contribution in [0.2, 0.25) is 0 Å². The van der Waals surface area contributed by atoms with Crippen molar-refractivity contribution in [1.29, 1.82) is 0 Å². The summed E-state index contributed by atoms with van der Waals surface area (Å²) in [6, 6.07) is 11.6. The predicted molar refractivity (Wildman–Crippen MR) is 93.0 cm³/mol. The Morgan fingerprint density at radius 1 is 1.24 bits per heavy atom. The summed E-state index contributed by atoms with van der Waals surface area (Å²) in [5, 5.41) is 7.47. The van der Waals surface area contributed by atoms with Crippen LogP contribution in [0, 0.1) is 5.92 Å². The summed E-state index contributed by atoms with van der Waals surface area (Å²) in [4.78, 5) is 8.62. The third-order valence-corrected chi connectivity index (χ3v) is 4.31. The summed E-state index contributed by atoms with van der Waals surface area (Å²) in [6.45, 7) is 2.57. The highest BCUT2D eigenvalue weighted by Crippen LogP contribution is 2.23. The molecule has 128 valence electrons. The van der Waals surface area contributed by atoms with Gasteiger partial charge in [0, 0.05) is 29.9 Å². The number of aromatic nitrogens is 3. The van der Waals surface area contributed by atoms with E-state index in [-0.39, 0.29) is 0 Å². The van der Waals surface area contributed by atoms with Gasteiger partial charge in [-0.15, -0.1) is 0 Å². The SMILES string of the molecule is c1cncc(COc2cccc(-c3noc(CC4CCNC4)n3)c2)c1. The van der Waals surface area contributed by atoms with Crippen molar-refractivity contribution < 1.29 is 9.26 Å². The highest BCUT2D eigenvalue weighted by atomic mass is 16.5. The molecule has 3 heterocycles. The fraction of sp³-hybridized carbons (Fsp3) is 0.316. The smallest absolute Gasteiger partial charge is 0.227 e. The van der Waals surface area contributed by atoms with Crippen LogP contribution in [0.4, 0.5) is 0 Å². The molecule has 1 atom stereocenters. The van der Waals surface area contributed by atoms with Gasteiger partial charge in [-0.1, -0.05) is 23.4 Å². The molecule has 0 radical (unpaired) electrons. The maximum absolute atomic E-state index is 5.83. The summed E-state index contributed by atoms with van der Waals surface area (Å²) in [5.41, 5.74) is 1.92. The molecule has 0 amide bonds. The van der Waals surface area contributed by atoms with Gasteiger partial charge in [0.2, 0.25) is 11.7 Å². The van der Waals surface area contributed by atoms with Crippen LogP contribution in [0.15, 0.2) is 53.3 Å². The van der Waals surface area contributed by atoms with Crippen LogP contribution in [0.25, 0.3) is 11.4 Å².